The van der Waals surface area contributed by atoms with Gasteiger partial charge in [-0.15, -0.1) is 10.2 Å². The molecule has 0 saturated carbocycles. The molecule has 6 heteroatoms. The van der Waals surface area contributed by atoms with Crippen LogP contribution in [0.15, 0.2) is 35.8 Å². The molecule has 2 heterocycles. The van der Waals surface area contributed by atoms with E-state index in [0.717, 1.165) is 41.3 Å². The molecule has 1 aliphatic rings. The minimum atomic E-state index is 0.772. The summed E-state index contributed by atoms with van der Waals surface area (Å²) in [5.74, 6) is 2.60. The van der Waals surface area contributed by atoms with E-state index in [9.17, 15) is 0 Å². The molecule has 0 saturated heterocycles. The predicted octanol–water partition coefficient (Wildman–Crippen LogP) is 4.27. The van der Waals surface area contributed by atoms with E-state index in [-0.39, 0.29) is 0 Å². The molecular weight excluding hydrogens is 308 g/mol. The zero-order valence-corrected chi connectivity index (χ0v) is 14.4. The van der Waals surface area contributed by atoms with Crippen LogP contribution in [0.25, 0.3) is 0 Å². The number of aromatic nitrogens is 3. The van der Waals surface area contributed by atoms with E-state index >= 15 is 0 Å². The highest BCUT2D eigenvalue weighted by Crippen LogP contribution is 2.34. The average Bonchev–Trinajstić information content (AvgIpc) is 3.08. The first kappa shape index (κ1) is 16.1. The summed E-state index contributed by atoms with van der Waals surface area (Å²) in [6.07, 6.45) is 6.95. The van der Waals surface area contributed by atoms with Crippen LogP contribution in [0, 0.1) is 5.92 Å². The number of hydrogen-bond donors (Lipinski definition) is 0. The van der Waals surface area contributed by atoms with Crippen LogP contribution in [0.5, 0.6) is 5.75 Å². The van der Waals surface area contributed by atoms with Gasteiger partial charge in [-0.25, -0.2) is 4.99 Å². The molecule has 2 aromatic rings. The van der Waals surface area contributed by atoms with Crippen molar-refractivity contribution in [3.05, 3.63) is 36.4 Å². The van der Waals surface area contributed by atoms with Gasteiger partial charge in [0.25, 0.3) is 0 Å². The molecule has 1 aromatic heterocycles. The topological polar surface area (TPSA) is 52.3 Å². The van der Waals surface area contributed by atoms with E-state index in [1.807, 2.05) is 16.7 Å². The Bertz CT molecular complexity index is 667. The summed E-state index contributed by atoms with van der Waals surface area (Å²) in [6.45, 7) is 5.31. The molecule has 0 amide bonds. The lowest BCUT2D eigenvalue weighted by Crippen LogP contribution is -2.09. The van der Waals surface area contributed by atoms with Gasteiger partial charge in [0.05, 0.1) is 12.3 Å². The van der Waals surface area contributed by atoms with Crippen molar-refractivity contribution in [2.24, 2.45) is 10.9 Å². The van der Waals surface area contributed by atoms with E-state index in [1.165, 1.54) is 18.4 Å². The minimum Gasteiger partial charge on any atom is -0.494 e. The van der Waals surface area contributed by atoms with Gasteiger partial charge in [-0.05, 0) is 42.5 Å². The number of rotatable bonds is 6. The van der Waals surface area contributed by atoms with Crippen molar-refractivity contribution in [1.29, 1.82) is 0 Å². The molecule has 1 aromatic carbocycles. The second-order valence-corrected chi connectivity index (χ2v) is 7.02. The molecule has 0 N–H and O–H groups in total. The smallest absolute Gasteiger partial charge is 0.175 e. The Balaban J connectivity index is 1.58. The summed E-state index contributed by atoms with van der Waals surface area (Å²) in [6, 6.07) is 6.14. The number of aliphatic imine (C=N–C) groups is 1. The molecule has 0 atom stereocenters. The fourth-order valence-corrected chi connectivity index (χ4v) is 3.35. The van der Waals surface area contributed by atoms with Crippen LogP contribution in [0.3, 0.4) is 0 Å². The quantitative estimate of drug-likeness (QED) is 0.742. The molecule has 0 aliphatic carbocycles. The number of ether oxygens (including phenoxy) is 1. The van der Waals surface area contributed by atoms with Crippen LogP contribution in [-0.2, 0) is 5.75 Å². The van der Waals surface area contributed by atoms with Crippen molar-refractivity contribution in [2.75, 3.05) is 6.61 Å². The monoisotopic (exact) mass is 330 g/mol. The average molecular weight is 330 g/mol. The van der Waals surface area contributed by atoms with Crippen molar-refractivity contribution in [3.8, 4) is 5.75 Å². The number of benzene rings is 1. The maximum absolute atomic E-state index is 5.87. The lowest BCUT2D eigenvalue weighted by atomic mass is 10.1. The second-order valence-electron chi connectivity index (χ2n) is 6.08. The lowest BCUT2D eigenvalue weighted by Gasteiger charge is -2.16. The molecule has 0 unspecified atom stereocenters. The van der Waals surface area contributed by atoms with Gasteiger partial charge in [-0.3, -0.25) is 4.57 Å². The van der Waals surface area contributed by atoms with Gasteiger partial charge in [0.2, 0.25) is 0 Å². The van der Waals surface area contributed by atoms with Gasteiger partial charge in [-0.1, -0.05) is 32.0 Å². The van der Waals surface area contributed by atoms with Crippen LogP contribution in [0.2, 0.25) is 0 Å². The molecule has 122 valence electrons. The van der Waals surface area contributed by atoms with Gasteiger partial charge in [0.1, 0.15) is 18.4 Å². The summed E-state index contributed by atoms with van der Waals surface area (Å²) in [4.78, 5) is 4.67. The summed E-state index contributed by atoms with van der Waals surface area (Å²) in [7, 11) is 0. The maximum Gasteiger partial charge on any atom is 0.175 e. The zero-order chi connectivity index (χ0) is 16.1. The third-order valence-electron chi connectivity index (χ3n) is 3.71. The Labute approximate surface area is 141 Å². The number of fused-ring (bicyclic) bond motifs is 1. The van der Waals surface area contributed by atoms with Crippen molar-refractivity contribution >= 4 is 22.6 Å². The first-order valence-corrected chi connectivity index (χ1v) is 9.03. The highest BCUT2D eigenvalue weighted by molar-refractivity contribution is 8.13. The highest BCUT2D eigenvalue weighted by atomic mass is 32.2. The Hall–Kier alpha value is -1.82. The van der Waals surface area contributed by atoms with Crippen molar-refractivity contribution in [3.63, 3.8) is 0 Å². The highest BCUT2D eigenvalue weighted by Gasteiger charge is 2.15. The summed E-state index contributed by atoms with van der Waals surface area (Å²) in [5.41, 5.74) is 2.21. The van der Waals surface area contributed by atoms with E-state index < -0.39 is 0 Å². The van der Waals surface area contributed by atoms with E-state index in [4.69, 9.17) is 4.74 Å². The Morgan fingerprint density at radius 2 is 2.04 bits per heavy atom. The van der Waals surface area contributed by atoms with Crippen molar-refractivity contribution in [2.45, 2.75) is 38.9 Å². The first-order chi connectivity index (χ1) is 11.2. The van der Waals surface area contributed by atoms with Crippen molar-refractivity contribution in [1.82, 2.24) is 14.8 Å². The van der Waals surface area contributed by atoms with Crippen LogP contribution >= 0.6 is 11.8 Å². The molecule has 1 aliphatic heterocycles. The SMILES string of the molecule is CC(C)CCCCOc1ccc2c(c1)CSC(n1cnnc1)=N2. The Morgan fingerprint density at radius 3 is 2.83 bits per heavy atom. The summed E-state index contributed by atoms with van der Waals surface area (Å²) >= 11 is 1.68. The molecule has 3 rings (SSSR count). The fourth-order valence-electron chi connectivity index (χ4n) is 2.43. The minimum absolute atomic E-state index is 0.772. The van der Waals surface area contributed by atoms with E-state index in [1.54, 1.807) is 24.4 Å². The zero-order valence-electron chi connectivity index (χ0n) is 13.6. The second kappa shape index (κ2) is 7.64. The van der Waals surface area contributed by atoms with Gasteiger partial charge in [0.15, 0.2) is 5.17 Å². The largest absolute Gasteiger partial charge is 0.494 e. The normalized spacial score (nSPS) is 13.8. The predicted molar refractivity (Wildman–Crippen MR) is 94.4 cm³/mol. The molecule has 0 radical (unpaired) electrons. The van der Waals surface area contributed by atoms with Gasteiger partial charge in [0, 0.05) is 5.75 Å². The third-order valence-corrected chi connectivity index (χ3v) is 4.72. The molecule has 5 nitrogen and oxygen atoms in total. The Kier molecular flexibility index (Phi) is 5.33. The first-order valence-electron chi connectivity index (χ1n) is 8.04. The van der Waals surface area contributed by atoms with Gasteiger partial charge < -0.3 is 4.74 Å². The lowest BCUT2D eigenvalue weighted by molar-refractivity contribution is 0.301. The van der Waals surface area contributed by atoms with Crippen LogP contribution in [0.4, 0.5) is 5.69 Å². The van der Waals surface area contributed by atoms with Crippen molar-refractivity contribution < 1.29 is 4.74 Å². The van der Waals surface area contributed by atoms with Crippen LogP contribution < -0.4 is 4.74 Å². The summed E-state index contributed by atoms with van der Waals surface area (Å²) < 4.78 is 7.71. The Morgan fingerprint density at radius 1 is 1.22 bits per heavy atom. The maximum atomic E-state index is 5.87. The summed E-state index contributed by atoms with van der Waals surface area (Å²) in [5, 5.41) is 8.56. The van der Waals surface area contributed by atoms with Crippen LogP contribution in [-0.4, -0.2) is 26.5 Å². The standard InChI is InChI=1S/C17H22N4OS/c1-13(2)5-3-4-8-22-15-6-7-16-14(9-15)10-23-17(20-16)21-11-18-19-12-21/h6-7,9,11-13H,3-5,8,10H2,1-2H3. The number of unbranched alkanes of at least 4 members (excludes halogenated alkanes) is 1. The van der Waals surface area contributed by atoms with E-state index in [2.05, 4.69) is 35.1 Å². The molecule has 23 heavy (non-hydrogen) atoms. The number of nitrogens with zero attached hydrogens (tertiary/aromatic N) is 4. The molecule has 0 spiro atoms. The third kappa shape index (κ3) is 4.34. The number of hydrogen-bond acceptors (Lipinski definition) is 5. The fraction of sp³-hybridized carbons (Fsp3) is 0.471. The molecular formula is C17H22N4OS. The van der Waals surface area contributed by atoms with Crippen LogP contribution in [0.1, 0.15) is 38.7 Å². The molecule has 0 fully saturated rings. The van der Waals surface area contributed by atoms with E-state index in [0.29, 0.717) is 0 Å². The number of thioether (sulfide) groups is 1. The van der Waals surface area contributed by atoms with Gasteiger partial charge in [-0.2, -0.15) is 0 Å². The molecule has 0 bridgehead atoms. The van der Waals surface area contributed by atoms with Gasteiger partial charge >= 0.3 is 0 Å².